The quantitative estimate of drug-likeness (QED) is 0.378. The van der Waals surface area contributed by atoms with Gasteiger partial charge in [0, 0.05) is 20.2 Å². The molecule has 172 valence electrons. The first-order chi connectivity index (χ1) is 15.6. The van der Waals surface area contributed by atoms with Crippen LogP contribution in [-0.2, 0) is 19.6 Å². The Labute approximate surface area is 192 Å². The topological polar surface area (TPSA) is 140 Å². The second-order valence-corrected chi connectivity index (χ2v) is 10.5. The van der Waals surface area contributed by atoms with Crippen molar-refractivity contribution in [2.24, 2.45) is 5.92 Å². The Balaban J connectivity index is 1.71. The number of esters is 1. The highest BCUT2D eigenvalue weighted by molar-refractivity contribution is 7.89. The van der Waals surface area contributed by atoms with Gasteiger partial charge < -0.3 is 9.84 Å². The first kappa shape index (κ1) is 22.8. The van der Waals surface area contributed by atoms with Crippen LogP contribution in [0.5, 0.6) is 0 Å². The highest BCUT2D eigenvalue weighted by Gasteiger charge is 2.28. The number of carboxylic acid groups (broad SMARTS) is 1. The van der Waals surface area contributed by atoms with Gasteiger partial charge in [0.25, 0.3) is 0 Å². The molecule has 0 amide bonds. The first-order valence-electron chi connectivity index (χ1n) is 9.83. The van der Waals surface area contributed by atoms with Gasteiger partial charge in [-0.15, -0.1) is 16.4 Å². The minimum absolute atomic E-state index is 0.00678. The second kappa shape index (κ2) is 8.54. The minimum Gasteiger partial charge on any atom is -0.480 e. The van der Waals surface area contributed by atoms with Crippen molar-refractivity contribution in [2.45, 2.75) is 24.8 Å². The minimum atomic E-state index is -4.03. The number of ether oxygens (including phenoxy) is 1. The third-order valence-corrected chi connectivity index (χ3v) is 7.66. The molecule has 1 atom stereocenters. The number of fused-ring (bicyclic) bond motifs is 3. The number of nitrogens with one attached hydrogen (secondary N) is 1. The van der Waals surface area contributed by atoms with Crippen molar-refractivity contribution in [3.05, 3.63) is 48.3 Å². The van der Waals surface area contributed by atoms with Crippen molar-refractivity contribution in [1.82, 2.24) is 19.7 Å². The normalized spacial score (nSPS) is 13.0. The maximum absolute atomic E-state index is 12.8. The van der Waals surface area contributed by atoms with E-state index in [-0.39, 0.29) is 10.6 Å². The maximum Gasteiger partial charge on any atom is 0.360 e. The van der Waals surface area contributed by atoms with Crippen LogP contribution in [0, 0.1) is 5.92 Å². The van der Waals surface area contributed by atoms with Crippen molar-refractivity contribution in [1.29, 1.82) is 0 Å². The molecule has 2 aromatic heterocycles. The van der Waals surface area contributed by atoms with Crippen molar-refractivity contribution in [2.75, 3.05) is 7.11 Å². The molecule has 4 rings (SSSR count). The van der Waals surface area contributed by atoms with Crippen molar-refractivity contribution in [3.63, 3.8) is 0 Å². The lowest BCUT2D eigenvalue weighted by atomic mass is 10.1. The SMILES string of the molecule is COC(=O)c1cn(-c2ccc3c(c2)sc2cc(S(=O)(=O)N[C@H](C(=O)O)C(C)C)ccc23)nn1. The number of sulfonamides is 1. The lowest BCUT2D eigenvalue weighted by molar-refractivity contribution is -0.140. The van der Waals surface area contributed by atoms with Crippen LogP contribution in [0.25, 0.3) is 25.9 Å². The average Bonchev–Trinajstić information content (AvgIpc) is 3.40. The van der Waals surface area contributed by atoms with Gasteiger partial charge >= 0.3 is 11.9 Å². The monoisotopic (exact) mass is 488 g/mol. The Morgan fingerprint density at radius 1 is 1.12 bits per heavy atom. The highest BCUT2D eigenvalue weighted by Crippen LogP contribution is 2.36. The van der Waals surface area contributed by atoms with Crippen LogP contribution in [0.4, 0.5) is 0 Å². The molecule has 0 radical (unpaired) electrons. The molecule has 12 heteroatoms. The van der Waals surface area contributed by atoms with E-state index in [2.05, 4.69) is 19.8 Å². The summed E-state index contributed by atoms with van der Waals surface area (Å²) in [5.74, 6) is -2.23. The van der Waals surface area contributed by atoms with Gasteiger partial charge in [0.05, 0.1) is 23.9 Å². The number of aromatic nitrogens is 3. The molecule has 0 saturated heterocycles. The second-order valence-electron chi connectivity index (χ2n) is 7.66. The number of carbonyl (C=O) groups excluding carboxylic acids is 1. The number of carbonyl (C=O) groups is 2. The average molecular weight is 489 g/mol. The predicted octanol–water partition coefficient (Wildman–Crippen LogP) is 2.81. The van der Waals surface area contributed by atoms with E-state index in [4.69, 9.17) is 0 Å². The number of rotatable bonds is 7. The fourth-order valence-corrected chi connectivity index (χ4v) is 5.97. The standard InChI is InChI=1S/C21H20N4O6S2/c1-11(2)19(20(26)27)23-33(29,30)13-5-7-15-14-6-4-12(8-17(14)32-18(15)9-13)25-10-16(22-24-25)21(28)31-3/h4-11,19,23H,1-3H3,(H,26,27)/t19-/m0/s1. The first-order valence-corrected chi connectivity index (χ1v) is 12.1. The maximum atomic E-state index is 12.8. The van der Waals surface area contributed by atoms with Crippen molar-refractivity contribution >= 4 is 53.5 Å². The molecular formula is C21H20N4O6S2. The zero-order valence-electron chi connectivity index (χ0n) is 17.8. The summed E-state index contributed by atoms with van der Waals surface area (Å²) in [4.78, 5) is 23.0. The number of methoxy groups -OCH3 is 1. The molecule has 0 saturated carbocycles. The molecule has 0 aliphatic rings. The molecule has 0 spiro atoms. The smallest absolute Gasteiger partial charge is 0.360 e. The van der Waals surface area contributed by atoms with Crippen molar-refractivity contribution < 1.29 is 27.9 Å². The lowest BCUT2D eigenvalue weighted by Gasteiger charge is -2.18. The Kier molecular flexibility index (Phi) is 5.91. The zero-order valence-corrected chi connectivity index (χ0v) is 19.5. The number of aliphatic carboxylic acids is 1. The number of nitrogens with zero attached hydrogens (tertiary/aromatic N) is 3. The largest absolute Gasteiger partial charge is 0.480 e. The fourth-order valence-electron chi connectivity index (χ4n) is 3.35. The Morgan fingerprint density at radius 2 is 1.79 bits per heavy atom. The zero-order chi connectivity index (χ0) is 23.9. The van der Waals surface area contributed by atoms with E-state index in [1.165, 1.54) is 41.5 Å². The summed E-state index contributed by atoms with van der Waals surface area (Å²) in [7, 11) is -2.76. The summed E-state index contributed by atoms with van der Waals surface area (Å²) in [5, 5.41) is 18.9. The van der Waals surface area contributed by atoms with Gasteiger partial charge in [-0.05, 0) is 30.2 Å². The molecule has 0 bridgehead atoms. The number of hydrogen-bond acceptors (Lipinski definition) is 8. The van der Waals surface area contributed by atoms with Crippen LogP contribution in [0.15, 0.2) is 47.5 Å². The fraction of sp³-hybridized carbons (Fsp3) is 0.238. The van der Waals surface area contributed by atoms with Crippen LogP contribution in [0.3, 0.4) is 0 Å². The Morgan fingerprint density at radius 3 is 2.42 bits per heavy atom. The molecule has 33 heavy (non-hydrogen) atoms. The van der Waals surface area contributed by atoms with E-state index < -0.39 is 33.9 Å². The summed E-state index contributed by atoms with van der Waals surface area (Å²) >= 11 is 1.39. The van der Waals surface area contributed by atoms with Crippen LogP contribution >= 0.6 is 11.3 Å². The van der Waals surface area contributed by atoms with E-state index in [1.807, 2.05) is 18.2 Å². The molecule has 0 aliphatic heterocycles. The third-order valence-electron chi connectivity index (χ3n) is 5.11. The molecule has 2 heterocycles. The van der Waals surface area contributed by atoms with Gasteiger partial charge in [0.1, 0.15) is 6.04 Å². The summed E-state index contributed by atoms with van der Waals surface area (Å²) in [5.41, 5.74) is 0.754. The Bertz CT molecular complexity index is 1490. The summed E-state index contributed by atoms with van der Waals surface area (Å²) in [6, 6.07) is 9.04. The molecule has 2 aromatic carbocycles. The lowest BCUT2D eigenvalue weighted by Crippen LogP contribution is -2.44. The van der Waals surface area contributed by atoms with Gasteiger partial charge in [-0.25, -0.2) is 17.9 Å². The molecule has 0 fully saturated rings. The molecule has 10 nitrogen and oxygen atoms in total. The molecule has 0 aliphatic carbocycles. The molecular weight excluding hydrogens is 468 g/mol. The van der Waals surface area contributed by atoms with Gasteiger partial charge in [-0.3, -0.25) is 4.79 Å². The van der Waals surface area contributed by atoms with Crippen LogP contribution in [-0.4, -0.2) is 53.6 Å². The van der Waals surface area contributed by atoms with Gasteiger partial charge in [0.2, 0.25) is 10.0 Å². The van der Waals surface area contributed by atoms with Gasteiger partial charge in [0.15, 0.2) is 5.69 Å². The molecule has 2 N–H and O–H groups in total. The molecule has 4 aromatic rings. The van der Waals surface area contributed by atoms with E-state index in [0.717, 1.165) is 20.2 Å². The van der Waals surface area contributed by atoms with Crippen LogP contribution in [0.2, 0.25) is 0 Å². The van der Waals surface area contributed by atoms with E-state index in [9.17, 15) is 23.1 Å². The Hall–Kier alpha value is -3.35. The predicted molar refractivity (Wildman–Crippen MR) is 122 cm³/mol. The van der Waals surface area contributed by atoms with E-state index in [0.29, 0.717) is 5.69 Å². The number of benzene rings is 2. The summed E-state index contributed by atoms with van der Waals surface area (Å²) in [6.07, 6.45) is 1.46. The number of carboxylic acids is 1. The van der Waals surface area contributed by atoms with E-state index >= 15 is 0 Å². The van der Waals surface area contributed by atoms with Crippen LogP contribution < -0.4 is 4.72 Å². The third kappa shape index (κ3) is 4.32. The number of hydrogen-bond donors (Lipinski definition) is 2. The van der Waals surface area contributed by atoms with Crippen molar-refractivity contribution in [3.8, 4) is 5.69 Å². The van der Waals surface area contributed by atoms with Crippen LogP contribution in [0.1, 0.15) is 24.3 Å². The molecule has 0 unspecified atom stereocenters. The summed E-state index contributed by atoms with van der Waals surface area (Å²) < 4.78 is 35.6. The van der Waals surface area contributed by atoms with E-state index in [1.54, 1.807) is 19.9 Å². The highest BCUT2D eigenvalue weighted by atomic mass is 32.2. The van der Waals surface area contributed by atoms with Gasteiger partial charge in [-0.2, -0.15) is 4.72 Å². The number of thiophene rings is 1. The van der Waals surface area contributed by atoms with Gasteiger partial charge in [-0.1, -0.05) is 31.2 Å². The summed E-state index contributed by atoms with van der Waals surface area (Å²) in [6.45, 7) is 3.27.